The van der Waals surface area contributed by atoms with Crippen molar-refractivity contribution in [2.75, 3.05) is 0 Å². The van der Waals surface area contributed by atoms with E-state index in [1.165, 1.54) is 12.3 Å². The summed E-state index contributed by atoms with van der Waals surface area (Å²) in [5.41, 5.74) is 0.419. The first kappa shape index (κ1) is 11.4. The van der Waals surface area contributed by atoms with Gasteiger partial charge in [0, 0.05) is 6.08 Å². The fraction of sp³-hybridized carbons (Fsp3) is 0.231. The maximum Gasteiger partial charge on any atom is 0.338 e. The van der Waals surface area contributed by atoms with Gasteiger partial charge in [-0.3, -0.25) is 4.79 Å². The summed E-state index contributed by atoms with van der Waals surface area (Å²) in [5.74, 6) is -0.775. The Bertz CT molecular complexity index is 450. The van der Waals surface area contributed by atoms with Crippen LogP contribution in [-0.2, 0) is 14.3 Å². The molecule has 0 fully saturated rings. The zero-order valence-electron chi connectivity index (χ0n) is 9.33. The number of benzene rings is 1. The highest BCUT2D eigenvalue weighted by Gasteiger charge is 2.31. The average Bonchev–Trinajstić information content (AvgIpc) is 2.35. The molecule has 4 nitrogen and oxygen atoms in total. The first-order valence-electron chi connectivity index (χ1n) is 5.30. The Labute approximate surface area is 98.8 Å². The number of carbonyl (C=O) groups is 2. The molecule has 0 radical (unpaired) electrons. The van der Waals surface area contributed by atoms with Crippen molar-refractivity contribution in [2.24, 2.45) is 0 Å². The van der Waals surface area contributed by atoms with Gasteiger partial charge in [0.05, 0.1) is 11.8 Å². The lowest BCUT2D eigenvalue weighted by molar-refractivity contribution is -0.130. The van der Waals surface area contributed by atoms with Gasteiger partial charge in [-0.15, -0.1) is 0 Å². The Hall–Kier alpha value is -2.10. The monoisotopic (exact) mass is 232 g/mol. The van der Waals surface area contributed by atoms with Crippen LogP contribution in [0.5, 0.6) is 0 Å². The van der Waals surface area contributed by atoms with Gasteiger partial charge in [0.25, 0.3) is 0 Å². The number of carbonyl (C=O) groups excluding carboxylic acids is 2. The minimum Gasteiger partial charge on any atom is -0.494 e. The van der Waals surface area contributed by atoms with Crippen molar-refractivity contribution < 1.29 is 19.1 Å². The van der Waals surface area contributed by atoms with Gasteiger partial charge in [-0.2, -0.15) is 0 Å². The van der Waals surface area contributed by atoms with E-state index >= 15 is 0 Å². The maximum atomic E-state index is 11.7. The molecule has 0 saturated carbocycles. The normalized spacial score (nSPS) is 23.0. The Morgan fingerprint density at radius 1 is 1.29 bits per heavy atom. The fourth-order valence-electron chi connectivity index (χ4n) is 1.54. The Balaban J connectivity index is 2.09. The molecule has 17 heavy (non-hydrogen) atoms. The smallest absolute Gasteiger partial charge is 0.338 e. The van der Waals surface area contributed by atoms with Gasteiger partial charge in [0.15, 0.2) is 0 Å². The molecule has 1 aliphatic rings. The van der Waals surface area contributed by atoms with Gasteiger partial charge in [-0.1, -0.05) is 18.2 Å². The van der Waals surface area contributed by atoms with Crippen LogP contribution in [0.4, 0.5) is 0 Å². The van der Waals surface area contributed by atoms with Crippen LogP contribution < -0.4 is 0 Å². The van der Waals surface area contributed by atoms with Crippen molar-refractivity contribution in [3.8, 4) is 0 Å². The quantitative estimate of drug-likeness (QED) is 0.728. The number of hydrogen-bond donors (Lipinski definition) is 0. The Morgan fingerprint density at radius 3 is 2.65 bits per heavy atom. The standard InChI is InChI=1S/C13H12O4/c1-9-12(11(14)7-8-16-9)17-13(15)10-5-3-2-4-6-10/h2-9,12H,1H3. The molecule has 0 aromatic heterocycles. The summed E-state index contributed by atoms with van der Waals surface area (Å²) in [7, 11) is 0. The minimum absolute atomic E-state index is 0.256. The van der Waals surface area contributed by atoms with Crippen LogP contribution in [-0.4, -0.2) is 24.0 Å². The third-order valence-electron chi connectivity index (χ3n) is 2.48. The molecule has 1 heterocycles. The lowest BCUT2D eigenvalue weighted by Crippen LogP contribution is -2.39. The zero-order valence-corrected chi connectivity index (χ0v) is 9.33. The predicted octanol–water partition coefficient (Wildman–Crippen LogP) is 1.71. The van der Waals surface area contributed by atoms with Gasteiger partial charge in [0.1, 0.15) is 6.10 Å². The molecule has 0 bridgehead atoms. The third-order valence-corrected chi connectivity index (χ3v) is 2.48. The van der Waals surface area contributed by atoms with Crippen LogP contribution in [0.2, 0.25) is 0 Å². The Kier molecular flexibility index (Phi) is 3.23. The molecular weight excluding hydrogens is 220 g/mol. The lowest BCUT2D eigenvalue weighted by atomic mass is 10.1. The van der Waals surface area contributed by atoms with Gasteiger partial charge < -0.3 is 9.47 Å². The van der Waals surface area contributed by atoms with Crippen LogP contribution in [0.15, 0.2) is 42.7 Å². The predicted molar refractivity (Wildman–Crippen MR) is 60.3 cm³/mol. The highest BCUT2D eigenvalue weighted by atomic mass is 16.6. The second-order valence-corrected chi connectivity index (χ2v) is 3.74. The molecule has 1 aromatic carbocycles. The summed E-state index contributed by atoms with van der Waals surface area (Å²) in [6, 6.07) is 8.54. The van der Waals surface area contributed by atoms with Crippen LogP contribution in [0.3, 0.4) is 0 Å². The summed E-state index contributed by atoms with van der Waals surface area (Å²) < 4.78 is 10.3. The van der Waals surface area contributed by atoms with E-state index in [4.69, 9.17) is 9.47 Å². The second-order valence-electron chi connectivity index (χ2n) is 3.74. The maximum absolute atomic E-state index is 11.7. The molecular formula is C13H12O4. The second kappa shape index (κ2) is 4.82. The summed E-state index contributed by atoms with van der Waals surface area (Å²) in [5, 5.41) is 0. The van der Waals surface area contributed by atoms with Crippen LogP contribution in [0, 0.1) is 0 Å². The molecule has 2 rings (SSSR count). The number of ketones is 1. The van der Waals surface area contributed by atoms with E-state index in [9.17, 15) is 9.59 Å². The van der Waals surface area contributed by atoms with Gasteiger partial charge in [-0.05, 0) is 19.1 Å². The molecule has 0 amide bonds. The van der Waals surface area contributed by atoms with Crippen molar-refractivity contribution in [3.63, 3.8) is 0 Å². The highest BCUT2D eigenvalue weighted by Crippen LogP contribution is 2.14. The van der Waals surface area contributed by atoms with E-state index in [1.807, 2.05) is 0 Å². The highest BCUT2D eigenvalue weighted by molar-refractivity contribution is 5.98. The Morgan fingerprint density at radius 2 is 2.00 bits per heavy atom. The minimum atomic E-state index is -0.868. The largest absolute Gasteiger partial charge is 0.494 e. The van der Waals surface area contributed by atoms with E-state index in [0.717, 1.165) is 0 Å². The van der Waals surface area contributed by atoms with Crippen LogP contribution in [0.1, 0.15) is 17.3 Å². The van der Waals surface area contributed by atoms with Crippen molar-refractivity contribution in [1.82, 2.24) is 0 Å². The van der Waals surface area contributed by atoms with Crippen LogP contribution in [0.25, 0.3) is 0 Å². The molecule has 1 aromatic rings. The SMILES string of the molecule is CC1OC=CC(=O)C1OC(=O)c1ccccc1. The lowest BCUT2D eigenvalue weighted by Gasteiger charge is -2.24. The molecule has 4 heteroatoms. The third kappa shape index (κ3) is 2.53. The summed E-state index contributed by atoms with van der Waals surface area (Å²) in [6.45, 7) is 1.68. The molecule has 88 valence electrons. The van der Waals surface area contributed by atoms with Gasteiger partial charge >= 0.3 is 5.97 Å². The van der Waals surface area contributed by atoms with Crippen LogP contribution >= 0.6 is 0 Å². The first-order chi connectivity index (χ1) is 8.18. The van der Waals surface area contributed by atoms with Gasteiger partial charge in [-0.25, -0.2) is 4.79 Å². The molecule has 2 atom stereocenters. The zero-order chi connectivity index (χ0) is 12.3. The van der Waals surface area contributed by atoms with Crippen molar-refractivity contribution in [3.05, 3.63) is 48.2 Å². The summed E-state index contributed by atoms with van der Waals surface area (Å²) in [6.07, 6.45) is 1.26. The molecule has 1 aliphatic heterocycles. The van der Waals surface area contributed by atoms with Crippen molar-refractivity contribution >= 4 is 11.8 Å². The van der Waals surface area contributed by atoms with E-state index < -0.39 is 18.2 Å². The number of ether oxygens (including phenoxy) is 2. The van der Waals surface area contributed by atoms with E-state index in [0.29, 0.717) is 5.56 Å². The van der Waals surface area contributed by atoms with E-state index in [1.54, 1.807) is 37.3 Å². The average molecular weight is 232 g/mol. The fourth-order valence-corrected chi connectivity index (χ4v) is 1.54. The van der Waals surface area contributed by atoms with E-state index in [-0.39, 0.29) is 5.78 Å². The molecule has 0 spiro atoms. The number of hydrogen-bond acceptors (Lipinski definition) is 4. The van der Waals surface area contributed by atoms with Gasteiger partial charge in [0.2, 0.25) is 11.9 Å². The molecule has 0 saturated heterocycles. The van der Waals surface area contributed by atoms with E-state index in [2.05, 4.69) is 0 Å². The first-order valence-corrected chi connectivity index (χ1v) is 5.30. The molecule has 0 aliphatic carbocycles. The molecule has 2 unspecified atom stereocenters. The van der Waals surface area contributed by atoms with Crippen molar-refractivity contribution in [2.45, 2.75) is 19.1 Å². The number of esters is 1. The summed E-state index contributed by atoms with van der Waals surface area (Å²) in [4.78, 5) is 23.3. The number of rotatable bonds is 2. The summed E-state index contributed by atoms with van der Waals surface area (Å²) >= 11 is 0. The topological polar surface area (TPSA) is 52.6 Å². The van der Waals surface area contributed by atoms with Crippen molar-refractivity contribution in [1.29, 1.82) is 0 Å². The molecule has 0 N–H and O–H groups in total.